The molecule has 0 aromatic heterocycles. The van der Waals surface area contributed by atoms with Crippen LogP contribution in [0.15, 0.2) is 18.2 Å². The van der Waals surface area contributed by atoms with Gasteiger partial charge in [0.05, 0.1) is 20.0 Å². The molecule has 1 fully saturated rings. The van der Waals surface area contributed by atoms with E-state index in [1.165, 1.54) is 10.6 Å². The van der Waals surface area contributed by atoms with E-state index in [-0.39, 0.29) is 6.61 Å². The maximum absolute atomic E-state index is 11.5. The number of aliphatic hydroxyl groups is 1. The molecule has 0 aliphatic carbocycles. The molecule has 0 spiro atoms. The Morgan fingerprint density at radius 3 is 2.43 bits per heavy atom. The monoisotopic (exact) mass is 314 g/mol. The van der Waals surface area contributed by atoms with Crippen LogP contribution in [0, 0.1) is 0 Å². The predicted molar refractivity (Wildman–Crippen MR) is 80.6 cm³/mol. The van der Waals surface area contributed by atoms with E-state index in [4.69, 9.17) is 4.74 Å². The zero-order valence-electron chi connectivity index (χ0n) is 12.4. The number of benzene rings is 1. The minimum absolute atomic E-state index is 0.00114. The Morgan fingerprint density at radius 1 is 1.24 bits per heavy atom. The second kappa shape index (κ2) is 6.74. The number of hydrogen-bond acceptors (Lipinski definition) is 5. The average Bonchev–Trinajstić information content (AvgIpc) is 2.46. The number of aliphatic hydroxyl groups excluding tert-OH is 1. The van der Waals surface area contributed by atoms with Crippen molar-refractivity contribution in [3.8, 4) is 5.75 Å². The van der Waals surface area contributed by atoms with Gasteiger partial charge in [0.25, 0.3) is 0 Å². The summed E-state index contributed by atoms with van der Waals surface area (Å²) in [6.45, 7) is 3.11. The highest BCUT2D eigenvalue weighted by Crippen LogP contribution is 2.22. The molecule has 0 atom stereocenters. The summed E-state index contributed by atoms with van der Waals surface area (Å²) in [5.74, 6) is 0.790. The average molecular weight is 314 g/mol. The van der Waals surface area contributed by atoms with Crippen LogP contribution in [0.5, 0.6) is 5.75 Å². The Labute approximate surface area is 126 Å². The standard InChI is InChI=1S/C14H22N2O4S/c1-20-14-4-3-12(11-17)9-13(14)10-15-5-7-16(8-6-15)21(2,18)19/h3-4,9,17H,5-8,10-11H2,1-2H3. The molecular formula is C14H22N2O4S. The third-order valence-corrected chi connectivity index (χ3v) is 5.02. The van der Waals surface area contributed by atoms with Gasteiger partial charge in [-0.1, -0.05) is 6.07 Å². The second-order valence-corrected chi connectivity index (χ2v) is 7.22. The van der Waals surface area contributed by atoms with E-state index in [9.17, 15) is 13.5 Å². The third kappa shape index (κ3) is 4.16. The Morgan fingerprint density at radius 2 is 1.90 bits per heavy atom. The molecule has 0 unspecified atom stereocenters. The molecule has 2 rings (SSSR count). The maximum atomic E-state index is 11.5. The molecule has 118 valence electrons. The van der Waals surface area contributed by atoms with Crippen LogP contribution in [0.25, 0.3) is 0 Å². The number of hydrogen-bond donors (Lipinski definition) is 1. The van der Waals surface area contributed by atoms with Gasteiger partial charge in [-0.25, -0.2) is 8.42 Å². The van der Waals surface area contributed by atoms with Gasteiger partial charge in [0.1, 0.15) is 5.75 Å². The van der Waals surface area contributed by atoms with Gasteiger partial charge in [0.15, 0.2) is 0 Å². The maximum Gasteiger partial charge on any atom is 0.211 e. The Kier molecular flexibility index (Phi) is 5.21. The second-order valence-electron chi connectivity index (χ2n) is 5.24. The van der Waals surface area contributed by atoms with Crippen molar-refractivity contribution in [2.45, 2.75) is 13.2 Å². The molecule has 0 bridgehead atoms. The van der Waals surface area contributed by atoms with Crippen molar-refractivity contribution in [1.29, 1.82) is 0 Å². The number of ether oxygens (including phenoxy) is 1. The fraction of sp³-hybridized carbons (Fsp3) is 0.571. The molecule has 1 heterocycles. The fourth-order valence-corrected chi connectivity index (χ4v) is 3.34. The first-order valence-electron chi connectivity index (χ1n) is 6.88. The molecule has 21 heavy (non-hydrogen) atoms. The zero-order valence-corrected chi connectivity index (χ0v) is 13.3. The number of nitrogens with zero attached hydrogens (tertiary/aromatic N) is 2. The summed E-state index contributed by atoms with van der Waals surface area (Å²) in [4.78, 5) is 2.20. The van der Waals surface area contributed by atoms with Gasteiger partial charge in [0, 0.05) is 38.3 Å². The van der Waals surface area contributed by atoms with Gasteiger partial charge >= 0.3 is 0 Å². The predicted octanol–water partition coefficient (Wildman–Crippen LogP) is 0.265. The molecule has 1 aromatic rings. The van der Waals surface area contributed by atoms with Gasteiger partial charge in [-0.05, 0) is 17.7 Å². The number of sulfonamides is 1. The fourth-order valence-electron chi connectivity index (χ4n) is 2.51. The lowest BCUT2D eigenvalue weighted by molar-refractivity contribution is 0.180. The molecular weight excluding hydrogens is 292 g/mol. The van der Waals surface area contributed by atoms with Crippen LogP contribution in [-0.4, -0.2) is 62.3 Å². The first-order chi connectivity index (χ1) is 9.94. The SMILES string of the molecule is COc1ccc(CO)cc1CN1CCN(S(C)(=O)=O)CC1. The molecule has 0 saturated carbocycles. The highest BCUT2D eigenvalue weighted by atomic mass is 32.2. The van der Waals surface area contributed by atoms with Gasteiger partial charge in [0.2, 0.25) is 10.0 Å². The lowest BCUT2D eigenvalue weighted by Gasteiger charge is -2.33. The van der Waals surface area contributed by atoms with Crippen LogP contribution in [0.3, 0.4) is 0 Å². The summed E-state index contributed by atoms with van der Waals surface area (Å²) in [6, 6.07) is 5.62. The van der Waals surface area contributed by atoms with Crippen molar-refractivity contribution in [3.63, 3.8) is 0 Å². The van der Waals surface area contributed by atoms with E-state index < -0.39 is 10.0 Å². The van der Waals surface area contributed by atoms with Crippen LogP contribution < -0.4 is 4.74 Å². The summed E-state index contributed by atoms with van der Waals surface area (Å²) in [6.07, 6.45) is 1.25. The summed E-state index contributed by atoms with van der Waals surface area (Å²) in [5.41, 5.74) is 1.86. The summed E-state index contributed by atoms with van der Waals surface area (Å²) >= 11 is 0. The highest BCUT2D eigenvalue weighted by Gasteiger charge is 2.23. The number of rotatable bonds is 5. The van der Waals surface area contributed by atoms with Crippen molar-refractivity contribution >= 4 is 10.0 Å². The molecule has 1 saturated heterocycles. The van der Waals surface area contributed by atoms with Gasteiger partial charge in [-0.2, -0.15) is 4.31 Å². The minimum atomic E-state index is -3.10. The van der Waals surface area contributed by atoms with E-state index in [2.05, 4.69) is 4.90 Å². The topological polar surface area (TPSA) is 70.1 Å². The van der Waals surface area contributed by atoms with Crippen LogP contribution in [0.1, 0.15) is 11.1 Å². The molecule has 1 aromatic carbocycles. The quantitative estimate of drug-likeness (QED) is 0.844. The van der Waals surface area contributed by atoms with Crippen molar-refractivity contribution in [1.82, 2.24) is 9.21 Å². The smallest absolute Gasteiger partial charge is 0.211 e. The first kappa shape index (κ1) is 16.2. The molecule has 1 N–H and O–H groups in total. The largest absolute Gasteiger partial charge is 0.496 e. The van der Waals surface area contributed by atoms with E-state index in [0.29, 0.717) is 32.7 Å². The van der Waals surface area contributed by atoms with Crippen molar-refractivity contribution < 1.29 is 18.3 Å². The van der Waals surface area contributed by atoms with Crippen LogP contribution in [0.2, 0.25) is 0 Å². The Balaban J connectivity index is 2.03. The molecule has 6 nitrogen and oxygen atoms in total. The Bertz CT molecular complexity index is 581. The minimum Gasteiger partial charge on any atom is -0.496 e. The van der Waals surface area contributed by atoms with Gasteiger partial charge in [-0.15, -0.1) is 0 Å². The van der Waals surface area contributed by atoms with Crippen molar-refractivity contribution in [2.24, 2.45) is 0 Å². The van der Waals surface area contributed by atoms with Crippen LogP contribution in [0.4, 0.5) is 0 Å². The van der Waals surface area contributed by atoms with E-state index in [1.807, 2.05) is 18.2 Å². The first-order valence-corrected chi connectivity index (χ1v) is 8.73. The highest BCUT2D eigenvalue weighted by molar-refractivity contribution is 7.88. The normalized spacial score (nSPS) is 17.9. The molecule has 0 amide bonds. The van der Waals surface area contributed by atoms with Gasteiger partial charge < -0.3 is 9.84 Å². The van der Waals surface area contributed by atoms with Crippen LogP contribution in [-0.2, 0) is 23.2 Å². The van der Waals surface area contributed by atoms with Crippen molar-refractivity contribution in [2.75, 3.05) is 39.5 Å². The van der Waals surface area contributed by atoms with E-state index >= 15 is 0 Å². The summed E-state index contributed by atoms with van der Waals surface area (Å²) < 4.78 is 29.8. The van der Waals surface area contributed by atoms with Crippen molar-refractivity contribution in [3.05, 3.63) is 29.3 Å². The Hall–Kier alpha value is -1.15. The summed E-state index contributed by atoms with van der Waals surface area (Å²) in [7, 11) is -1.47. The summed E-state index contributed by atoms with van der Waals surface area (Å²) in [5, 5.41) is 9.23. The molecule has 1 aliphatic rings. The number of piperazine rings is 1. The van der Waals surface area contributed by atoms with E-state index in [0.717, 1.165) is 16.9 Å². The lowest BCUT2D eigenvalue weighted by atomic mass is 10.1. The molecule has 1 aliphatic heterocycles. The lowest BCUT2D eigenvalue weighted by Crippen LogP contribution is -2.47. The number of methoxy groups -OCH3 is 1. The van der Waals surface area contributed by atoms with Crippen LogP contribution >= 0.6 is 0 Å². The zero-order chi connectivity index (χ0) is 15.5. The molecule has 0 radical (unpaired) electrons. The van der Waals surface area contributed by atoms with E-state index in [1.54, 1.807) is 7.11 Å². The third-order valence-electron chi connectivity index (χ3n) is 3.72. The van der Waals surface area contributed by atoms with Gasteiger partial charge in [-0.3, -0.25) is 4.90 Å². The molecule has 7 heteroatoms.